The van der Waals surface area contributed by atoms with Crippen molar-refractivity contribution < 1.29 is 4.79 Å². The molecular weight excluding hydrogens is 432 g/mol. The second-order valence-electron chi connectivity index (χ2n) is 7.84. The van der Waals surface area contributed by atoms with E-state index in [1.54, 1.807) is 11.3 Å². The van der Waals surface area contributed by atoms with E-state index in [1.807, 2.05) is 34.9 Å². The highest BCUT2D eigenvalue weighted by Gasteiger charge is 2.20. The predicted molar refractivity (Wildman–Crippen MR) is 138 cm³/mol. The van der Waals surface area contributed by atoms with Gasteiger partial charge in [-0.15, -0.1) is 11.8 Å². The monoisotopic (exact) mass is 460 g/mol. The fourth-order valence-electron chi connectivity index (χ4n) is 3.61. The van der Waals surface area contributed by atoms with Crippen molar-refractivity contribution in [3.63, 3.8) is 0 Å². The van der Waals surface area contributed by atoms with Crippen LogP contribution in [0.15, 0.2) is 77.7 Å². The van der Waals surface area contributed by atoms with Gasteiger partial charge < -0.3 is 0 Å². The minimum absolute atomic E-state index is 0.135. The van der Waals surface area contributed by atoms with Gasteiger partial charge in [0.25, 0.3) is 0 Å². The van der Waals surface area contributed by atoms with Crippen molar-refractivity contribution in [2.75, 3.05) is 10.7 Å². The predicted octanol–water partition coefficient (Wildman–Crippen LogP) is 7.27. The van der Waals surface area contributed by atoms with Gasteiger partial charge in [-0.2, -0.15) is 0 Å². The first-order chi connectivity index (χ1) is 15.6. The zero-order valence-electron chi connectivity index (χ0n) is 18.6. The Bertz CT molecular complexity index is 1170. The summed E-state index contributed by atoms with van der Waals surface area (Å²) >= 11 is 3.42. The molecule has 0 radical (unpaired) electrons. The number of anilines is 1. The number of carbonyl (C=O) groups excluding carboxylic acids is 1. The molecular formula is C27H28N2OS2. The number of amides is 1. The highest BCUT2D eigenvalue weighted by molar-refractivity contribution is 7.99. The number of hydrogen-bond donors (Lipinski definition) is 0. The van der Waals surface area contributed by atoms with Gasteiger partial charge in [0.1, 0.15) is 0 Å². The summed E-state index contributed by atoms with van der Waals surface area (Å²) in [7, 11) is 0. The summed E-state index contributed by atoms with van der Waals surface area (Å²) in [5, 5.41) is 0.793. The van der Waals surface area contributed by atoms with E-state index in [0.717, 1.165) is 39.5 Å². The van der Waals surface area contributed by atoms with Crippen LogP contribution in [0.5, 0.6) is 0 Å². The van der Waals surface area contributed by atoms with E-state index in [4.69, 9.17) is 4.98 Å². The number of rotatable bonds is 9. The smallest absolute Gasteiger partial charge is 0.229 e. The molecule has 4 aromatic rings. The van der Waals surface area contributed by atoms with Crippen LogP contribution in [0.3, 0.4) is 0 Å². The zero-order chi connectivity index (χ0) is 22.3. The van der Waals surface area contributed by atoms with Gasteiger partial charge >= 0.3 is 0 Å². The molecule has 5 heteroatoms. The molecule has 3 aromatic carbocycles. The van der Waals surface area contributed by atoms with Crippen molar-refractivity contribution in [1.82, 2.24) is 4.98 Å². The highest BCUT2D eigenvalue weighted by atomic mass is 32.2. The quantitative estimate of drug-likeness (QED) is 0.194. The first-order valence-electron chi connectivity index (χ1n) is 11.1. The molecule has 0 saturated heterocycles. The lowest BCUT2D eigenvalue weighted by atomic mass is 10.1. The standard InChI is InChI=1S/C27H28N2OS2/c1-3-22-11-7-12-24-26(22)28-27(32-24)29(19-21-9-5-4-6-10-21)25(30)13-8-18-31-23-16-14-20(2)15-17-23/h4-7,9-12,14-17H,3,8,13,18-19H2,1-2H3. The van der Waals surface area contributed by atoms with Crippen molar-refractivity contribution in [3.8, 4) is 0 Å². The molecule has 1 aromatic heterocycles. The molecule has 0 unspecified atom stereocenters. The zero-order valence-corrected chi connectivity index (χ0v) is 20.2. The lowest BCUT2D eigenvalue weighted by molar-refractivity contribution is -0.118. The average molecular weight is 461 g/mol. The van der Waals surface area contributed by atoms with Crippen LogP contribution in [0.25, 0.3) is 10.2 Å². The van der Waals surface area contributed by atoms with E-state index in [1.165, 1.54) is 16.0 Å². The Hall–Kier alpha value is -2.63. The Kier molecular flexibility index (Phi) is 7.61. The molecule has 0 N–H and O–H groups in total. The summed E-state index contributed by atoms with van der Waals surface area (Å²) in [5.41, 5.74) is 4.63. The van der Waals surface area contributed by atoms with Crippen LogP contribution in [-0.4, -0.2) is 16.6 Å². The van der Waals surface area contributed by atoms with E-state index in [0.29, 0.717) is 13.0 Å². The summed E-state index contributed by atoms with van der Waals surface area (Å²) in [6, 6.07) is 25.0. The van der Waals surface area contributed by atoms with Gasteiger partial charge in [0, 0.05) is 11.3 Å². The van der Waals surface area contributed by atoms with Crippen LogP contribution in [0.1, 0.15) is 36.5 Å². The van der Waals surface area contributed by atoms with E-state index in [2.05, 4.69) is 68.4 Å². The van der Waals surface area contributed by atoms with Gasteiger partial charge in [-0.05, 0) is 54.8 Å². The first kappa shape index (κ1) is 22.6. The second kappa shape index (κ2) is 10.8. The van der Waals surface area contributed by atoms with Crippen LogP contribution in [-0.2, 0) is 17.8 Å². The molecule has 0 aliphatic heterocycles. The molecule has 4 rings (SSSR count). The van der Waals surface area contributed by atoms with Gasteiger partial charge in [0.05, 0.1) is 16.8 Å². The fraction of sp³-hybridized carbons (Fsp3) is 0.259. The number of fused-ring (bicyclic) bond motifs is 1. The largest absolute Gasteiger partial charge is 0.284 e. The number of hydrogen-bond acceptors (Lipinski definition) is 4. The number of thioether (sulfide) groups is 1. The summed E-state index contributed by atoms with van der Waals surface area (Å²) in [6.45, 7) is 4.79. The Balaban J connectivity index is 1.48. The first-order valence-corrected chi connectivity index (χ1v) is 12.9. The summed E-state index contributed by atoms with van der Waals surface area (Å²) in [4.78, 5) is 21.3. The molecule has 1 heterocycles. The number of carbonyl (C=O) groups is 1. The Morgan fingerprint density at radius 2 is 1.78 bits per heavy atom. The van der Waals surface area contributed by atoms with E-state index in [9.17, 15) is 4.79 Å². The van der Waals surface area contributed by atoms with Gasteiger partial charge in [-0.3, -0.25) is 9.69 Å². The number of nitrogens with zero attached hydrogens (tertiary/aromatic N) is 2. The molecule has 32 heavy (non-hydrogen) atoms. The van der Waals surface area contributed by atoms with E-state index >= 15 is 0 Å². The van der Waals surface area contributed by atoms with Crippen LogP contribution in [0.2, 0.25) is 0 Å². The van der Waals surface area contributed by atoms with Crippen molar-refractivity contribution in [2.45, 2.75) is 44.6 Å². The second-order valence-corrected chi connectivity index (χ2v) is 10.0. The fourth-order valence-corrected chi connectivity index (χ4v) is 5.49. The lowest BCUT2D eigenvalue weighted by Crippen LogP contribution is -2.30. The molecule has 3 nitrogen and oxygen atoms in total. The summed E-state index contributed by atoms with van der Waals surface area (Å²) in [5.74, 6) is 1.06. The minimum atomic E-state index is 0.135. The molecule has 0 fully saturated rings. The molecule has 0 saturated carbocycles. The lowest BCUT2D eigenvalue weighted by Gasteiger charge is -2.20. The molecule has 0 atom stereocenters. The Labute approximate surface area is 198 Å². The molecule has 0 aliphatic carbocycles. The number of benzene rings is 3. The van der Waals surface area contributed by atoms with Crippen molar-refractivity contribution in [2.24, 2.45) is 0 Å². The molecule has 164 valence electrons. The Morgan fingerprint density at radius 3 is 2.53 bits per heavy atom. The maximum Gasteiger partial charge on any atom is 0.229 e. The van der Waals surface area contributed by atoms with E-state index in [-0.39, 0.29) is 5.91 Å². The Morgan fingerprint density at radius 1 is 1.00 bits per heavy atom. The van der Waals surface area contributed by atoms with Crippen LogP contribution >= 0.6 is 23.1 Å². The number of aryl methyl sites for hydroxylation is 2. The third kappa shape index (κ3) is 5.59. The van der Waals surface area contributed by atoms with Gasteiger partial charge in [-0.25, -0.2) is 4.98 Å². The summed E-state index contributed by atoms with van der Waals surface area (Å²) < 4.78 is 1.14. The average Bonchev–Trinajstić information content (AvgIpc) is 3.26. The number of aromatic nitrogens is 1. The topological polar surface area (TPSA) is 33.2 Å². The number of thiazole rings is 1. The molecule has 1 amide bonds. The maximum absolute atomic E-state index is 13.3. The van der Waals surface area contributed by atoms with E-state index < -0.39 is 0 Å². The van der Waals surface area contributed by atoms with Gasteiger partial charge in [0.15, 0.2) is 5.13 Å². The van der Waals surface area contributed by atoms with Crippen LogP contribution < -0.4 is 4.90 Å². The molecule has 0 bridgehead atoms. The van der Waals surface area contributed by atoms with Crippen LogP contribution in [0.4, 0.5) is 5.13 Å². The van der Waals surface area contributed by atoms with Crippen molar-refractivity contribution in [1.29, 1.82) is 0 Å². The third-order valence-corrected chi connectivity index (χ3v) is 7.55. The third-order valence-electron chi connectivity index (χ3n) is 5.41. The van der Waals surface area contributed by atoms with Crippen molar-refractivity contribution >= 4 is 44.4 Å². The maximum atomic E-state index is 13.3. The normalized spacial score (nSPS) is 11.1. The van der Waals surface area contributed by atoms with Crippen molar-refractivity contribution in [3.05, 3.63) is 89.5 Å². The molecule has 0 aliphatic rings. The SMILES string of the molecule is CCc1cccc2sc(N(Cc3ccccc3)C(=O)CCCSc3ccc(C)cc3)nc12. The summed E-state index contributed by atoms with van der Waals surface area (Å²) in [6.07, 6.45) is 2.29. The number of para-hydroxylation sites is 1. The molecule has 0 spiro atoms. The van der Waals surface area contributed by atoms with Gasteiger partial charge in [0.2, 0.25) is 5.91 Å². The van der Waals surface area contributed by atoms with Crippen LogP contribution in [0, 0.1) is 6.92 Å². The van der Waals surface area contributed by atoms with Gasteiger partial charge in [-0.1, -0.05) is 78.4 Å². The highest BCUT2D eigenvalue weighted by Crippen LogP contribution is 2.32. The minimum Gasteiger partial charge on any atom is -0.284 e.